The quantitative estimate of drug-likeness (QED) is 0.777. The summed E-state index contributed by atoms with van der Waals surface area (Å²) in [6, 6.07) is 9.68. The molecule has 0 fully saturated rings. The minimum absolute atomic E-state index is 0.391. The second-order valence-corrected chi connectivity index (χ2v) is 4.13. The van der Waals surface area contributed by atoms with Gasteiger partial charge in [0.25, 0.3) is 0 Å². The van der Waals surface area contributed by atoms with Crippen LogP contribution in [0.4, 0.5) is 0 Å². The van der Waals surface area contributed by atoms with E-state index in [4.69, 9.17) is 10.2 Å². The minimum Gasteiger partial charge on any atom is -0.460 e. The summed E-state index contributed by atoms with van der Waals surface area (Å²) in [5, 5.41) is 0. The lowest BCUT2D eigenvalue weighted by Crippen LogP contribution is -1.92. The molecule has 4 nitrogen and oxygen atoms in total. The molecule has 0 saturated heterocycles. The Morgan fingerprint density at radius 1 is 0.947 bits per heavy atom. The van der Waals surface area contributed by atoms with Gasteiger partial charge in [-0.15, -0.1) is 0 Å². The van der Waals surface area contributed by atoms with Crippen molar-refractivity contribution in [1.82, 2.24) is 9.97 Å². The molecule has 94 valence electrons. The first-order chi connectivity index (χ1) is 9.38. The molecule has 0 saturated carbocycles. The van der Waals surface area contributed by atoms with E-state index in [0.717, 1.165) is 28.2 Å². The number of rotatable bonds is 3. The zero-order valence-electron chi connectivity index (χ0n) is 10.3. The zero-order valence-corrected chi connectivity index (χ0v) is 10.3. The lowest BCUT2D eigenvalue weighted by Gasteiger charge is -2.06. The third-order valence-corrected chi connectivity index (χ3v) is 2.92. The fourth-order valence-corrected chi connectivity index (χ4v) is 2.00. The second-order valence-electron chi connectivity index (χ2n) is 4.13. The molecule has 0 unspecified atom stereocenters. The summed E-state index contributed by atoms with van der Waals surface area (Å²) in [6.07, 6.45) is 7.13. The molecule has 2 N–H and O–H groups in total. The SMILES string of the molecule is NCc1ccc(-c2cnccc2-c2cccnc2)o1. The highest BCUT2D eigenvalue weighted by Gasteiger charge is 2.10. The maximum Gasteiger partial charge on any atom is 0.136 e. The normalized spacial score (nSPS) is 10.6. The summed E-state index contributed by atoms with van der Waals surface area (Å²) in [5.41, 5.74) is 8.59. The van der Waals surface area contributed by atoms with Crippen molar-refractivity contribution in [2.75, 3.05) is 0 Å². The maximum absolute atomic E-state index is 5.70. The maximum atomic E-state index is 5.70. The highest BCUT2D eigenvalue weighted by atomic mass is 16.3. The fourth-order valence-electron chi connectivity index (χ4n) is 2.00. The van der Waals surface area contributed by atoms with Crippen molar-refractivity contribution in [2.24, 2.45) is 5.73 Å². The van der Waals surface area contributed by atoms with E-state index in [1.54, 1.807) is 18.6 Å². The van der Waals surface area contributed by atoms with Crippen molar-refractivity contribution in [3.8, 4) is 22.5 Å². The first kappa shape index (κ1) is 11.6. The van der Waals surface area contributed by atoms with Gasteiger partial charge < -0.3 is 10.2 Å². The monoisotopic (exact) mass is 251 g/mol. The van der Waals surface area contributed by atoms with Crippen LogP contribution in [-0.2, 0) is 6.54 Å². The molecule has 3 aromatic rings. The molecule has 0 spiro atoms. The highest BCUT2D eigenvalue weighted by molar-refractivity contribution is 5.80. The van der Waals surface area contributed by atoms with Gasteiger partial charge in [-0.05, 0) is 29.8 Å². The molecule has 0 amide bonds. The smallest absolute Gasteiger partial charge is 0.136 e. The zero-order chi connectivity index (χ0) is 13.1. The van der Waals surface area contributed by atoms with Crippen LogP contribution in [0, 0.1) is 0 Å². The molecule has 0 radical (unpaired) electrons. The Bertz CT molecular complexity index is 677. The Kier molecular flexibility index (Phi) is 3.08. The average molecular weight is 251 g/mol. The molecule has 3 heterocycles. The molecule has 19 heavy (non-hydrogen) atoms. The van der Waals surface area contributed by atoms with Gasteiger partial charge in [-0.25, -0.2) is 0 Å². The van der Waals surface area contributed by atoms with Crippen LogP contribution in [0.25, 0.3) is 22.5 Å². The molecular formula is C15H13N3O. The average Bonchev–Trinajstić information content (AvgIpc) is 2.97. The van der Waals surface area contributed by atoms with Crippen molar-refractivity contribution in [3.05, 3.63) is 60.9 Å². The van der Waals surface area contributed by atoms with Crippen molar-refractivity contribution < 1.29 is 4.42 Å². The van der Waals surface area contributed by atoms with Gasteiger partial charge >= 0.3 is 0 Å². The van der Waals surface area contributed by atoms with Gasteiger partial charge in [0, 0.05) is 35.9 Å². The van der Waals surface area contributed by atoms with E-state index in [0.29, 0.717) is 6.54 Å². The summed E-state index contributed by atoms with van der Waals surface area (Å²) < 4.78 is 5.70. The second kappa shape index (κ2) is 5.04. The molecule has 0 aliphatic heterocycles. The van der Waals surface area contributed by atoms with Gasteiger partial charge in [-0.2, -0.15) is 0 Å². The van der Waals surface area contributed by atoms with Crippen LogP contribution in [0.1, 0.15) is 5.76 Å². The molecule has 3 aromatic heterocycles. The van der Waals surface area contributed by atoms with Crippen LogP contribution < -0.4 is 5.73 Å². The number of hydrogen-bond acceptors (Lipinski definition) is 4. The van der Waals surface area contributed by atoms with E-state index in [-0.39, 0.29) is 0 Å². The molecule has 0 aliphatic rings. The first-order valence-electron chi connectivity index (χ1n) is 6.02. The van der Waals surface area contributed by atoms with E-state index >= 15 is 0 Å². The van der Waals surface area contributed by atoms with Gasteiger partial charge in [0.15, 0.2) is 0 Å². The van der Waals surface area contributed by atoms with Gasteiger partial charge in [-0.3, -0.25) is 9.97 Å². The van der Waals surface area contributed by atoms with E-state index in [1.165, 1.54) is 0 Å². The molecule has 0 bridgehead atoms. The number of pyridine rings is 2. The summed E-state index contributed by atoms with van der Waals surface area (Å²) in [4.78, 5) is 8.32. The van der Waals surface area contributed by atoms with E-state index in [1.807, 2.05) is 36.5 Å². The Hall–Kier alpha value is -2.46. The van der Waals surface area contributed by atoms with Crippen LogP contribution >= 0.6 is 0 Å². The molecular weight excluding hydrogens is 238 g/mol. The van der Waals surface area contributed by atoms with Crippen molar-refractivity contribution in [1.29, 1.82) is 0 Å². The number of furan rings is 1. The van der Waals surface area contributed by atoms with Gasteiger partial charge in [0.05, 0.1) is 6.54 Å². The predicted octanol–water partition coefficient (Wildman–Crippen LogP) is 2.86. The van der Waals surface area contributed by atoms with E-state index < -0.39 is 0 Å². The number of hydrogen-bond donors (Lipinski definition) is 1. The van der Waals surface area contributed by atoms with E-state index in [2.05, 4.69) is 9.97 Å². The Morgan fingerprint density at radius 3 is 2.58 bits per heavy atom. The highest BCUT2D eigenvalue weighted by Crippen LogP contribution is 2.31. The molecule has 4 heteroatoms. The lowest BCUT2D eigenvalue weighted by atomic mass is 10.0. The first-order valence-corrected chi connectivity index (χ1v) is 6.02. The summed E-state index contributed by atoms with van der Waals surface area (Å²) in [5.74, 6) is 1.53. The molecule has 0 atom stereocenters. The topological polar surface area (TPSA) is 64.9 Å². The van der Waals surface area contributed by atoms with E-state index in [9.17, 15) is 0 Å². The number of nitrogens with two attached hydrogens (primary N) is 1. The standard InChI is InChI=1S/C15H13N3O/c16-8-12-3-4-15(19-12)14-10-18-7-5-13(14)11-2-1-6-17-9-11/h1-7,9-10H,8,16H2. The summed E-state index contributed by atoms with van der Waals surface area (Å²) >= 11 is 0. The van der Waals surface area contributed by atoms with Gasteiger partial charge in [-0.1, -0.05) is 6.07 Å². The van der Waals surface area contributed by atoms with Crippen LogP contribution in [0.2, 0.25) is 0 Å². The van der Waals surface area contributed by atoms with Crippen LogP contribution in [0.3, 0.4) is 0 Å². The fraction of sp³-hybridized carbons (Fsp3) is 0.0667. The molecule has 3 rings (SSSR count). The summed E-state index contributed by atoms with van der Waals surface area (Å²) in [7, 11) is 0. The van der Waals surface area contributed by atoms with Crippen molar-refractivity contribution in [2.45, 2.75) is 6.54 Å². The van der Waals surface area contributed by atoms with Crippen LogP contribution in [0.5, 0.6) is 0 Å². The largest absolute Gasteiger partial charge is 0.460 e. The van der Waals surface area contributed by atoms with Gasteiger partial charge in [0.2, 0.25) is 0 Å². The van der Waals surface area contributed by atoms with Crippen molar-refractivity contribution >= 4 is 0 Å². The molecule has 0 aromatic carbocycles. The third-order valence-electron chi connectivity index (χ3n) is 2.92. The molecule has 0 aliphatic carbocycles. The van der Waals surface area contributed by atoms with Crippen LogP contribution in [-0.4, -0.2) is 9.97 Å². The Balaban J connectivity index is 2.12. The van der Waals surface area contributed by atoms with Crippen LogP contribution in [0.15, 0.2) is 59.5 Å². The minimum atomic E-state index is 0.391. The summed E-state index contributed by atoms with van der Waals surface area (Å²) in [6.45, 7) is 0.391. The van der Waals surface area contributed by atoms with Crippen molar-refractivity contribution in [3.63, 3.8) is 0 Å². The predicted molar refractivity (Wildman–Crippen MR) is 73.1 cm³/mol. The number of nitrogens with zero attached hydrogens (tertiary/aromatic N) is 2. The number of aromatic nitrogens is 2. The lowest BCUT2D eigenvalue weighted by molar-refractivity contribution is 0.525. The Labute approximate surface area is 110 Å². The van der Waals surface area contributed by atoms with Gasteiger partial charge in [0.1, 0.15) is 11.5 Å². The Morgan fingerprint density at radius 2 is 1.84 bits per heavy atom. The third kappa shape index (κ3) is 2.26.